The molecule has 1 aromatic heterocycles. The summed E-state index contributed by atoms with van der Waals surface area (Å²) in [4.78, 5) is 45.9. The predicted octanol–water partition coefficient (Wildman–Crippen LogP) is 1.61. The Balaban J connectivity index is 1.61. The van der Waals surface area contributed by atoms with Gasteiger partial charge >= 0.3 is 0 Å². The second-order valence-corrected chi connectivity index (χ2v) is 10.3. The molecule has 0 bridgehead atoms. The van der Waals surface area contributed by atoms with Gasteiger partial charge in [0.1, 0.15) is 30.4 Å². The molecule has 1 aromatic carbocycles. The van der Waals surface area contributed by atoms with Crippen molar-refractivity contribution in [2.45, 2.75) is 44.7 Å². The fourth-order valence-corrected chi connectivity index (χ4v) is 4.67. The number of aromatic nitrogens is 1. The number of nitrogens with two attached hydrogens (primary N) is 1. The minimum Gasteiger partial charge on any atom is -0.491 e. The molecule has 39 heavy (non-hydrogen) atoms. The first-order valence-electron chi connectivity index (χ1n) is 12.6. The third-order valence-corrected chi connectivity index (χ3v) is 6.70. The van der Waals surface area contributed by atoms with E-state index in [2.05, 4.69) is 15.4 Å². The van der Waals surface area contributed by atoms with Crippen molar-refractivity contribution in [1.29, 1.82) is 0 Å². The van der Waals surface area contributed by atoms with Crippen molar-refractivity contribution in [2.24, 2.45) is 16.3 Å². The maximum Gasteiger partial charge on any atom is 0.258 e. The van der Waals surface area contributed by atoms with Gasteiger partial charge in [-0.05, 0) is 38.1 Å². The highest BCUT2D eigenvalue weighted by atomic mass is 19.3. The summed E-state index contributed by atoms with van der Waals surface area (Å²) in [5.74, 6) is -1.14. The zero-order valence-electron chi connectivity index (χ0n) is 21.8. The fraction of sp³-hybridized carbons (Fsp3) is 0.444. The van der Waals surface area contributed by atoms with Crippen LogP contribution in [0.25, 0.3) is 0 Å². The average molecular weight is 543 g/mol. The number of hydrazone groups is 1. The molecule has 0 aliphatic carbocycles. The summed E-state index contributed by atoms with van der Waals surface area (Å²) < 4.78 is 32.3. The molecular weight excluding hydrogens is 510 g/mol. The van der Waals surface area contributed by atoms with Gasteiger partial charge in [0, 0.05) is 37.8 Å². The maximum absolute atomic E-state index is 13.8. The van der Waals surface area contributed by atoms with E-state index in [1.807, 2.05) is 6.07 Å². The number of amides is 3. The van der Waals surface area contributed by atoms with Crippen LogP contribution in [0.15, 0.2) is 59.8 Å². The number of nitrogens with zero attached hydrogens (tertiary/aromatic N) is 4. The van der Waals surface area contributed by atoms with Gasteiger partial charge in [0.05, 0.1) is 11.3 Å². The molecular formula is C27H32F2N6O4. The minimum atomic E-state index is -2.77. The average Bonchev–Trinajstić information content (AvgIpc) is 3.16. The van der Waals surface area contributed by atoms with E-state index in [0.29, 0.717) is 17.2 Å². The summed E-state index contributed by atoms with van der Waals surface area (Å²) in [6.07, 6.45) is -0.904. The third-order valence-electron chi connectivity index (χ3n) is 6.70. The van der Waals surface area contributed by atoms with Crippen molar-refractivity contribution in [1.82, 2.24) is 20.2 Å². The molecule has 3 amide bonds. The molecule has 2 aromatic rings. The number of hydrogen-bond acceptors (Lipinski definition) is 7. The molecule has 4 rings (SSSR count). The SMILES string of the molecule is CC(C)(N)C(=O)N[C@H](COc1ccccc1)C(=O)N1CCC2=NN(CC(F)F)C(=O)[C@]2(Cc2ccccn2)C1. The lowest BCUT2D eigenvalue weighted by Crippen LogP contribution is -2.62. The Hall–Kier alpha value is -3.93. The molecule has 0 saturated carbocycles. The van der Waals surface area contributed by atoms with Crippen molar-refractivity contribution in [3.8, 4) is 5.75 Å². The second-order valence-electron chi connectivity index (χ2n) is 10.3. The zero-order chi connectivity index (χ0) is 28.2. The molecule has 0 unspecified atom stereocenters. The van der Waals surface area contributed by atoms with Crippen LogP contribution in [0.2, 0.25) is 0 Å². The van der Waals surface area contributed by atoms with Crippen LogP contribution in [-0.2, 0) is 20.8 Å². The fourth-order valence-electron chi connectivity index (χ4n) is 4.67. The van der Waals surface area contributed by atoms with Gasteiger partial charge in [-0.25, -0.2) is 13.8 Å². The van der Waals surface area contributed by atoms with Crippen LogP contribution in [-0.4, -0.2) is 82.6 Å². The monoisotopic (exact) mass is 542 g/mol. The van der Waals surface area contributed by atoms with E-state index in [9.17, 15) is 23.2 Å². The number of carbonyl (C=O) groups is 3. The first-order valence-corrected chi connectivity index (χ1v) is 12.6. The first-order chi connectivity index (χ1) is 18.5. The molecule has 208 valence electrons. The van der Waals surface area contributed by atoms with Crippen molar-refractivity contribution in [3.05, 3.63) is 60.4 Å². The predicted molar refractivity (Wildman–Crippen MR) is 139 cm³/mol. The topological polar surface area (TPSA) is 130 Å². The van der Waals surface area contributed by atoms with Gasteiger partial charge in [-0.1, -0.05) is 24.3 Å². The summed E-state index contributed by atoms with van der Waals surface area (Å²) in [5, 5.41) is 7.71. The zero-order valence-corrected chi connectivity index (χ0v) is 21.8. The summed E-state index contributed by atoms with van der Waals surface area (Å²) in [7, 11) is 0. The smallest absolute Gasteiger partial charge is 0.258 e. The van der Waals surface area contributed by atoms with Crippen LogP contribution in [0.3, 0.4) is 0 Å². The van der Waals surface area contributed by atoms with Crippen LogP contribution in [0, 0.1) is 5.41 Å². The van der Waals surface area contributed by atoms with E-state index in [1.165, 1.54) is 18.7 Å². The Morgan fingerprint density at radius 2 is 1.90 bits per heavy atom. The number of fused-ring (bicyclic) bond motifs is 1. The molecule has 3 N–H and O–H groups in total. The lowest BCUT2D eigenvalue weighted by Gasteiger charge is -2.40. The van der Waals surface area contributed by atoms with E-state index in [1.54, 1.807) is 48.7 Å². The number of nitrogens with one attached hydrogen (secondary N) is 1. The molecule has 3 heterocycles. The van der Waals surface area contributed by atoms with Gasteiger partial charge < -0.3 is 20.7 Å². The number of ether oxygens (including phenoxy) is 1. The summed E-state index contributed by atoms with van der Waals surface area (Å²) in [5.41, 5.74) is 4.34. The quantitative estimate of drug-likeness (QED) is 0.469. The number of pyridine rings is 1. The number of alkyl halides is 2. The molecule has 1 fully saturated rings. The Morgan fingerprint density at radius 3 is 2.54 bits per heavy atom. The molecule has 2 aliphatic rings. The van der Waals surface area contributed by atoms with Gasteiger partial charge in [-0.2, -0.15) is 5.10 Å². The van der Waals surface area contributed by atoms with Crippen LogP contribution in [0.5, 0.6) is 5.75 Å². The number of carbonyl (C=O) groups excluding carboxylic acids is 3. The highest BCUT2D eigenvalue weighted by Crippen LogP contribution is 2.38. The van der Waals surface area contributed by atoms with Gasteiger partial charge in [0.15, 0.2) is 0 Å². The summed E-state index contributed by atoms with van der Waals surface area (Å²) in [6, 6.07) is 12.9. The number of hydrogen-bond donors (Lipinski definition) is 2. The van der Waals surface area contributed by atoms with Crippen LogP contribution in [0.1, 0.15) is 26.0 Å². The third kappa shape index (κ3) is 6.39. The number of benzene rings is 1. The summed E-state index contributed by atoms with van der Waals surface area (Å²) in [6.45, 7) is 2.09. The highest BCUT2D eigenvalue weighted by molar-refractivity contribution is 6.13. The van der Waals surface area contributed by atoms with Crippen molar-refractivity contribution < 1.29 is 27.9 Å². The number of rotatable bonds is 10. The van der Waals surface area contributed by atoms with Crippen LogP contribution in [0.4, 0.5) is 8.78 Å². The van der Waals surface area contributed by atoms with Gasteiger partial charge in [0.25, 0.3) is 12.3 Å². The molecule has 0 radical (unpaired) electrons. The largest absolute Gasteiger partial charge is 0.491 e. The Morgan fingerprint density at radius 1 is 1.18 bits per heavy atom. The van der Waals surface area contributed by atoms with Crippen LogP contribution >= 0.6 is 0 Å². The van der Waals surface area contributed by atoms with E-state index >= 15 is 0 Å². The molecule has 2 atom stereocenters. The van der Waals surface area contributed by atoms with E-state index in [-0.39, 0.29) is 32.5 Å². The molecule has 1 saturated heterocycles. The van der Waals surface area contributed by atoms with Crippen molar-refractivity contribution in [3.63, 3.8) is 0 Å². The number of likely N-dealkylation sites (tertiary alicyclic amines) is 1. The van der Waals surface area contributed by atoms with Gasteiger partial charge in [-0.3, -0.25) is 19.4 Å². The van der Waals surface area contributed by atoms with Crippen molar-refractivity contribution >= 4 is 23.4 Å². The molecule has 10 nitrogen and oxygen atoms in total. The minimum absolute atomic E-state index is 0.0857. The Bertz CT molecular complexity index is 1220. The van der Waals surface area contributed by atoms with E-state index in [4.69, 9.17) is 10.5 Å². The van der Waals surface area contributed by atoms with Crippen molar-refractivity contribution in [2.75, 3.05) is 26.2 Å². The molecule has 12 heteroatoms. The summed E-state index contributed by atoms with van der Waals surface area (Å²) >= 11 is 0. The Labute approximate surface area is 225 Å². The van der Waals surface area contributed by atoms with E-state index in [0.717, 1.165) is 5.01 Å². The first kappa shape index (κ1) is 28.1. The number of halogens is 2. The van der Waals surface area contributed by atoms with Crippen LogP contribution < -0.4 is 15.8 Å². The normalized spacial score (nSPS) is 19.9. The molecule has 2 aliphatic heterocycles. The second kappa shape index (κ2) is 11.4. The van der Waals surface area contributed by atoms with E-state index < -0.39 is 47.7 Å². The lowest BCUT2D eigenvalue weighted by atomic mass is 9.74. The van der Waals surface area contributed by atoms with Gasteiger partial charge in [0.2, 0.25) is 11.8 Å². The molecule has 0 spiro atoms. The Kier molecular flexibility index (Phi) is 8.24. The standard InChI is InChI=1S/C27H32F2N6O4/c1-26(2,30)24(37)32-20(16-39-19-9-4-3-5-10-19)23(36)34-13-11-21-27(17-34,14-18-8-6-7-12-31-18)25(38)35(33-21)15-22(28)29/h3-10,12,20,22H,11,13-17,30H2,1-2H3,(H,32,37)/t20-,27-/m1/s1. The highest BCUT2D eigenvalue weighted by Gasteiger charge is 2.55. The van der Waals surface area contributed by atoms with Gasteiger partial charge in [-0.15, -0.1) is 0 Å². The lowest BCUT2D eigenvalue weighted by molar-refractivity contribution is -0.144. The number of para-hydroxylation sites is 1. The maximum atomic E-state index is 13.8. The number of piperidine rings is 1.